The van der Waals surface area contributed by atoms with Gasteiger partial charge in [0.25, 0.3) is 0 Å². The number of hydrogen-bond donors (Lipinski definition) is 0. The standard InChI is InChI=1S/C23H19NO3S.3C2H6/c1-2-26-23(25)21(16-10-4-3-5-11-16)27-19-14-8-6-12-17(19)22-24-18-13-7-9-15-20(18)28-22;3*1-2/h3-15,21H,2H2,1H3;3*1-2H3. The molecule has 3 aromatic carbocycles. The molecule has 5 heteroatoms. The number of nitrogens with zero attached hydrogens (tertiary/aromatic N) is 1. The molecule has 182 valence electrons. The number of ether oxygens (including phenoxy) is 2. The molecule has 0 amide bonds. The van der Waals surface area contributed by atoms with Crippen LogP contribution >= 0.6 is 11.3 Å². The van der Waals surface area contributed by atoms with Gasteiger partial charge < -0.3 is 9.47 Å². The number of aromatic nitrogens is 1. The number of carbonyl (C=O) groups excluding carboxylic acids is 1. The summed E-state index contributed by atoms with van der Waals surface area (Å²) >= 11 is 1.60. The first-order valence-electron chi connectivity index (χ1n) is 12.1. The first-order valence-corrected chi connectivity index (χ1v) is 12.9. The summed E-state index contributed by atoms with van der Waals surface area (Å²) in [6.07, 6.45) is -0.836. The van der Waals surface area contributed by atoms with Gasteiger partial charge in [-0.25, -0.2) is 9.78 Å². The Morgan fingerprint density at radius 2 is 1.41 bits per heavy atom. The molecule has 0 bridgehead atoms. The minimum Gasteiger partial charge on any atom is -0.473 e. The molecule has 0 aliphatic heterocycles. The third kappa shape index (κ3) is 7.70. The normalized spacial score (nSPS) is 10.3. The highest BCUT2D eigenvalue weighted by atomic mass is 32.1. The number of carbonyl (C=O) groups is 1. The van der Waals surface area contributed by atoms with E-state index in [1.54, 1.807) is 18.3 Å². The van der Waals surface area contributed by atoms with Crippen LogP contribution in [0.1, 0.15) is 60.1 Å². The number of thiazole rings is 1. The maximum atomic E-state index is 12.6. The molecule has 1 aromatic heterocycles. The molecule has 0 aliphatic rings. The zero-order chi connectivity index (χ0) is 25.3. The van der Waals surface area contributed by atoms with Crippen molar-refractivity contribution >= 4 is 27.5 Å². The van der Waals surface area contributed by atoms with Crippen molar-refractivity contribution in [3.05, 3.63) is 84.4 Å². The fourth-order valence-electron chi connectivity index (χ4n) is 2.96. The maximum absolute atomic E-state index is 12.6. The third-order valence-electron chi connectivity index (χ3n) is 4.26. The van der Waals surface area contributed by atoms with Crippen molar-refractivity contribution in [3.8, 4) is 16.3 Å². The molecule has 34 heavy (non-hydrogen) atoms. The third-order valence-corrected chi connectivity index (χ3v) is 5.33. The van der Waals surface area contributed by atoms with Crippen LogP contribution in [0.5, 0.6) is 5.75 Å². The van der Waals surface area contributed by atoms with Crippen LogP contribution in [0.15, 0.2) is 78.9 Å². The van der Waals surface area contributed by atoms with E-state index in [2.05, 4.69) is 0 Å². The highest BCUT2D eigenvalue weighted by molar-refractivity contribution is 7.21. The molecule has 4 rings (SSSR count). The first kappa shape index (κ1) is 28.9. The fourth-order valence-corrected chi connectivity index (χ4v) is 3.95. The van der Waals surface area contributed by atoms with Crippen molar-refractivity contribution < 1.29 is 14.3 Å². The maximum Gasteiger partial charge on any atom is 0.352 e. The lowest BCUT2D eigenvalue weighted by molar-refractivity contribution is -0.151. The number of fused-ring (bicyclic) bond motifs is 1. The van der Waals surface area contributed by atoms with Crippen molar-refractivity contribution in [2.24, 2.45) is 0 Å². The largest absolute Gasteiger partial charge is 0.473 e. The highest BCUT2D eigenvalue weighted by Crippen LogP contribution is 2.37. The smallest absolute Gasteiger partial charge is 0.352 e. The van der Waals surface area contributed by atoms with Gasteiger partial charge in [-0.05, 0) is 31.2 Å². The highest BCUT2D eigenvalue weighted by Gasteiger charge is 2.25. The van der Waals surface area contributed by atoms with Gasteiger partial charge in [0.15, 0.2) is 0 Å². The number of para-hydroxylation sites is 2. The number of hydrogen-bond acceptors (Lipinski definition) is 5. The SMILES string of the molecule is CC.CC.CC.CCOC(=O)C(Oc1ccccc1-c1nc2ccccc2s1)c1ccccc1. The molecule has 1 atom stereocenters. The van der Waals surface area contributed by atoms with Gasteiger partial charge in [0.2, 0.25) is 6.10 Å². The van der Waals surface area contributed by atoms with Crippen LogP contribution in [-0.4, -0.2) is 17.6 Å². The lowest BCUT2D eigenvalue weighted by Crippen LogP contribution is -2.21. The van der Waals surface area contributed by atoms with Gasteiger partial charge in [0.05, 0.1) is 22.4 Å². The molecule has 0 aliphatic carbocycles. The van der Waals surface area contributed by atoms with Crippen LogP contribution in [0.4, 0.5) is 0 Å². The Morgan fingerprint density at radius 1 is 0.824 bits per heavy atom. The quantitative estimate of drug-likeness (QED) is 0.259. The second kappa shape index (κ2) is 16.4. The Morgan fingerprint density at radius 3 is 2.06 bits per heavy atom. The molecule has 0 saturated carbocycles. The molecule has 0 fully saturated rings. The van der Waals surface area contributed by atoms with Gasteiger partial charge >= 0.3 is 5.97 Å². The van der Waals surface area contributed by atoms with E-state index in [9.17, 15) is 4.79 Å². The zero-order valence-corrected chi connectivity index (χ0v) is 22.2. The second-order valence-electron chi connectivity index (χ2n) is 6.14. The van der Waals surface area contributed by atoms with E-state index in [4.69, 9.17) is 14.5 Å². The summed E-state index contributed by atoms with van der Waals surface area (Å²) in [7, 11) is 0. The molecule has 4 nitrogen and oxygen atoms in total. The summed E-state index contributed by atoms with van der Waals surface area (Å²) in [5.41, 5.74) is 2.55. The summed E-state index contributed by atoms with van der Waals surface area (Å²) in [5.74, 6) is 0.191. The molecular weight excluding hydrogens is 442 g/mol. The summed E-state index contributed by atoms with van der Waals surface area (Å²) < 4.78 is 12.5. The molecule has 0 N–H and O–H groups in total. The van der Waals surface area contributed by atoms with E-state index in [1.807, 2.05) is 120 Å². The number of esters is 1. The van der Waals surface area contributed by atoms with Crippen LogP contribution < -0.4 is 4.74 Å². The Bertz CT molecular complexity index is 1060. The lowest BCUT2D eigenvalue weighted by Gasteiger charge is -2.19. The second-order valence-corrected chi connectivity index (χ2v) is 7.17. The Kier molecular flexibility index (Phi) is 13.9. The van der Waals surface area contributed by atoms with Crippen molar-refractivity contribution in [1.82, 2.24) is 4.98 Å². The topological polar surface area (TPSA) is 48.4 Å². The van der Waals surface area contributed by atoms with Gasteiger partial charge in [-0.2, -0.15) is 0 Å². The molecule has 1 unspecified atom stereocenters. The number of benzene rings is 3. The average molecular weight is 480 g/mol. The summed E-state index contributed by atoms with van der Waals surface area (Å²) in [5, 5.41) is 0.854. The minimum atomic E-state index is -0.836. The van der Waals surface area contributed by atoms with Crippen molar-refractivity contribution in [1.29, 1.82) is 0 Å². The summed E-state index contributed by atoms with van der Waals surface area (Å²) in [4.78, 5) is 17.3. The molecule has 0 saturated heterocycles. The first-order chi connectivity index (χ1) is 16.8. The monoisotopic (exact) mass is 479 g/mol. The lowest BCUT2D eigenvalue weighted by atomic mass is 10.1. The molecule has 0 radical (unpaired) electrons. The predicted molar refractivity (Wildman–Crippen MR) is 146 cm³/mol. The van der Waals surface area contributed by atoms with E-state index in [1.165, 1.54) is 0 Å². The van der Waals surface area contributed by atoms with Gasteiger partial charge in [-0.3, -0.25) is 0 Å². The molecule has 1 heterocycles. The van der Waals surface area contributed by atoms with E-state index >= 15 is 0 Å². The Hall–Kier alpha value is -3.18. The average Bonchev–Trinajstić information content (AvgIpc) is 3.36. The minimum absolute atomic E-state index is 0.297. The van der Waals surface area contributed by atoms with Crippen LogP contribution in [-0.2, 0) is 9.53 Å². The van der Waals surface area contributed by atoms with Crippen LogP contribution in [0.25, 0.3) is 20.8 Å². The van der Waals surface area contributed by atoms with Gasteiger partial charge in [0, 0.05) is 5.56 Å². The van der Waals surface area contributed by atoms with Crippen molar-refractivity contribution in [2.45, 2.75) is 54.6 Å². The van der Waals surface area contributed by atoms with E-state index < -0.39 is 12.1 Å². The van der Waals surface area contributed by atoms with Crippen molar-refractivity contribution in [3.63, 3.8) is 0 Å². The number of rotatable bonds is 6. The van der Waals surface area contributed by atoms with Crippen molar-refractivity contribution in [2.75, 3.05) is 6.61 Å². The van der Waals surface area contributed by atoms with Gasteiger partial charge in [0.1, 0.15) is 10.8 Å². The van der Waals surface area contributed by atoms with E-state index in [0.717, 1.165) is 26.4 Å². The van der Waals surface area contributed by atoms with E-state index in [0.29, 0.717) is 12.4 Å². The fraction of sp³-hybridized carbons (Fsp3) is 0.310. The Labute approximate surface area is 208 Å². The Balaban J connectivity index is 0.000000894. The van der Waals surface area contributed by atoms with Crippen LogP contribution in [0.3, 0.4) is 0 Å². The summed E-state index contributed by atoms with van der Waals surface area (Å²) in [6, 6.07) is 25.0. The molecule has 0 spiro atoms. The molecule has 4 aromatic rings. The van der Waals surface area contributed by atoms with Gasteiger partial charge in [-0.1, -0.05) is 96.1 Å². The zero-order valence-electron chi connectivity index (χ0n) is 21.4. The van der Waals surface area contributed by atoms with E-state index in [-0.39, 0.29) is 0 Å². The van der Waals surface area contributed by atoms with Gasteiger partial charge in [-0.15, -0.1) is 11.3 Å². The van der Waals surface area contributed by atoms with Crippen LogP contribution in [0, 0.1) is 0 Å². The predicted octanol–water partition coefficient (Wildman–Crippen LogP) is 8.73. The molecular formula is C29H37NO3S. The van der Waals surface area contributed by atoms with Crippen LogP contribution in [0.2, 0.25) is 0 Å². The summed E-state index contributed by atoms with van der Waals surface area (Å²) in [6.45, 7) is 14.1.